The van der Waals surface area contributed by atoms with Crippen molar-refractivity contribution in [2.45, 2.75) is 27.8 Å². The zero-order valence-electron chi connectivity index (χ0n) is 11.8. The summed E-state index contributed by atoms with van der Waals surface area (Å²) in [5.74, 6) is 0.0623. The monoisotopic (exact) mass is 377 g/mol. The zero-order valence-corrected chi connectivity index (χ0v) is 15.0. The molecular weight excluding hydrogens is 365 g/mol. The minimum absolute atomic E-state index is 0.112. The van der Waals surface area contributed by atoms with E-state index in [1.54, 1.807) is 18.7 Å². The summed E-state index contributed by atoms with van der Waals surface area (Å²) in [5.41, 5.74) is 0.112. The van der Waals surface area contributed by atoms with Gasteiger partial charge >= 0.3 is 0 Å². The van der Waals surface area contributed by atoms with Crippen molar-refractivity contribution in [2.24, 2.45) is 0 Å². The van der Waals surface area contributed by atoms with E-state index in [2.05, 4.69) is 15.5 Å². The van der Waals surface area contributed by atoms with Crippen LogP contribution in [0, 0.1) is 5.82 Å². The first-order chi connectivity index (χ1) is 10.5. The van der Waals surface area contributed by atoms with E-state index in [1.165, 1.54) is 35.2 Å². The largest absolute Gasteiger partial charge is 0.323 e. The molecule has 0 bridgehead atoms. The number of hydrogen-bond donors (Lipinski definition) is 1. The molecule has 1 unspecified atom stereocenters. The second-order valence-corrected chi connectivity index (χ2v) is 8.65. The standard InChI is InChI=1S/C13H13ClFN3OS3/c1-3-20-12-17-18-13(22-12)21-7(2)11(19)16-10-5-4-8(14)6-9(10)15/h4-7H,3H2,1-2H3,(H,16,19). The summed E-state index contributed by atoms with van der Waals surface area (Å²) >= 11 is 10.0. The van der Waals surface area contributed by atoms with Gasteiger partial charge in [-0.2, -0.15) is 0 Å². The number of hydrogen-bond acceptors (Lipinski definition) is 6. The maximum absolute atomic E-state index is 13.7. The Balaban J connectivity index is 1.96. The second kappa shape index (κ2) is 8.14. The van der Waals surface area contributed by atoms with Gasteiger partial charge in [0.1, 0.15) is 5.82 Å². The summed E-state index contributed by atoms with van der Waals surface area (Å²) in [7, 11) is 0. The van der Waals surface area contributed by atoms with Crippen molar-refractivity contribution >= 4 is 58.1 Å². The Kier molecular flexibility index (Phi) is 6.49. The lowest BCUT2D eigenvalue weighted by Gasteiger charge is -2.11. The third-order valence-corrected chi connectivity index (χ3v) is 5.85. The molecule has 1 aromatic heterocycles. The van der Waals surface area contributed by atoms with Crippen LogP contribution < -0.4 is 5.32 Å². The maximum atomic E-state index is 13.7. The Labute approximate surface area is 145 Å². The molecule has 0 spiro atoms. The quantitative estimate of drug-likeness (QED) is 0.748. The van der Waals surface area contributed by atoms with Crippen LogP contribution in [0.4, 0.5) is 10.1 Å². The fourth-order valence-electron chi connectivity index (χ4n) is 1.46. The molecule has 0 aliphatic carbocycles. The van der Waals surface area contributed by atoms with E-state index < -0.39 is 11.1 Å². The number of halogens is 2. The van der Waals surface area contributed by atoms with Gasteiger partial charge < -0.3 is 5.32 Å². The van der Waals surface area contributed by atoms with Gasteiger partial charge in [-0.3, -0.25) is 4.79 Å². The zero-order chi connectivity index (χ0) is 16.1. The Bertz CT molecular complexity index is 668. The second-order valence-electron chi connectivity index (χ2n) is 4.14. The van der Waals surface area contributed by atoms with Gasteiger partial charge in [0.25, 0.3) is 0 Å². The summed E-state index contributed by atoms with van der Waals surface area (Å²) in [6.45, 7) is 3.78. The van der Waals surface area contributed by atoms with E-state index in [0.29, 0.717) is 0 Å². The van der Waals surface area contributed by atoms with Crippen molar-refractivity contribution in [3.05, 3.63) is 29.0 Å². The van der Waals surface area contributed by atoms with Gasteiger partial charge in [0.15, 0.2) is 8.68 Å². The molecule has 1 N–H and O–H groups in total. The van der Waals surface area contributed by atoms with Crippen molar-refractivity contribution in [3.63, 3.8) is 0 Å². The highest BCUT2D eigenvalue weighted by Crippen LogP contribution is 2.31. The van der Waals surface area contributed by atoms with Crippen LogP contribution in [0.15, 0.2) is 26.9 Å². The van der Waals surface area contributed by atoms with Crippen molar-refractivity contribution < 1.29 is 9.18 Å². The minimum Gasteiger partial charge on any atom is -0.323 e. The smallest absolute Gasteiger partial charge is 0.237 e. The molecule has 1 amide bonds. The van der Waals surface area contributed by atoms with Crippen LogP contribution in [-0.2, 0) is 4.79 Å². The van der Waals surface area contributed by atoms with Gasteiger partial charge in [-0.15, -0.1) is 10.2 Å². The number of aromatic nitrogens is 2. The fraction of sp³-hybridized carbons (Fsp3) is 0.308. The lowest BCUT2D eigenvalue weighted by Crippen LogP contribution is -2.22. The molecule has 0 radical (unpaired) electrons. The molecule has 1 atom stereocenters. The van der Waals surface area contributed by atoms with Crippen molar-refractivity contribution in [1.29, 1.82) is 0 Å². The summed E-state index contributed by atoms with van der Waals surface area (Å²) in [4.78, 5) is 12.1. The molecule has 22 heavy (non-hydrogen) atoms. The Morgan fingerprint density at radius 3 is 2.86 bits per heavy atom. The molecule has 1 aromatic carbocycles. The molecule has 1 heterocycles. The molecule has 0 aliphatic heterocycles. The van der Waals surface area contributed by atoms with E-state index in [0.717, 1.165) is 20.5 Å². The summed E-state index contributed by atoms with van der Waals surface area (Å²) in [6.07, 6.45) is 0. The van der Waals surface area contributed by atoms with Gasteiger partial charge in [0.05, 0.1) is 10.9 Å². The molecule has 2 rings (SSSR count). The third-order valence-electron chi connectivity index (χ3n) is 2.49. The molecule has 0 aliphatic rings. The number of carbonyl (C=O) groups excluding carboxylic acids is 1. The maximum Gasteiger partial charge on any atom is 0.237 e. The first-order valence-corrected chi connectivity index (χ1v) is 9.44. The molecule has 0 saturated heterocycles. The number of nitrogens with one attached hydrogen (secondary N) is 1. The minimum atomic E-state index is -0.560. The van der Waals surface area contributed by atoms with Gasteiger partial charge in [-0.05, 0) is 30.9 Å². The van der Waals surface area contributed by atoms with E-state index in [1.807, 2.05) is 6.92 Å². The number of amides is 1. The van der Waals surface area contributed by atoms with Crippen LogP contribution >= 0.6 is 46.5 Å². The number of nitrogens with zero attached hydrogens (tertiary/aromatic N) is 2. The topological polar surface area (TPSA) is 54.9 Å². The third kappa shape index (κ3) is 4.84. The highest BCUT2D eigenvalue weighted by Gasteiger charge is 2.18. The van der Waals surface area contributed by atoms with E-state index in [4.69, 9.17) is 11.6 Å². The molecule has 0 fully saturated rings. The van der Waals surface area contributed by atoms with E-state index >= 15 is 0 Å². The highest BCUT2D eigenvalue weighted by molar-refractivity contribution is 8.03. The molecule has 4 nitrogen and oxygen atoms in total. The number of carbonyl (C=O) groups is 1. The predicted octanol–water partition coefficient (Wildman–Crippen LogP) is 4.56. The lowest BCUT2D eigenvalue weighted by atomic mass is 10.3. The van der Waals surface area contributed by atoms with Gasteiger partial charge in [-0.1, -0.05) is 53.4 Å². The van der Waals surface area contributed by atoms with Crippen molar-refractivity contribution in [2.75, 3.05) is 11.1 Å². The average molecular weight is 378 g/mol. The van der Waals surface area contributed by atoms with Crippen LogP contribution in [0.5, 0.6) is 0 Å². The summed E-state index contributed by atoms with van der Waals surface area (Å²) < 4.78 is 15.3. The Morgan fingerprint density at radius 2 is 2.18 bits per heavy atom. The van der Waals surface area contributed by atoms with Gasteiger partial charge in [-0.25, -0.2) is 4.39 Å². The van der Waals surface area contributed by atoms with Crippen LogP contribution in [0.2, 0.25) is 5.02 Å². The number of benzene rings is 1. The van der Waals surface area contributed by atoms with Crippen molar-refractivity contribution in [1.82, 2.24) is 10.2 Å². The number of thioether (sulfide) groups is 2. The molecule has 0 saturated carbocycles. The van der Waals surface area contributed by atoms with Crippen molar-refractivity contribution in [3.8, 4) is 0 Å². The average Bonchev–Trinajstić information content (AvgIpc) is 2.89. The lowest BCUT2D eigenvalue weighted by molar-refractivity contribution is -0.115. The highest BCUT2D eigenvalue weighted by atomic mass is 35.5. The van der Waals surface area contributed by atoms with E-state index in [9.17, 15) is 9.18 Å². The van der Waals surface area contributed by atoms with E-state index in [-0.39, 0.29) is 16.6 Å². The Hall–Kier alpha value is -0.830. The molecular formula is C13H13ClFN3OS3. The van der Waals surface area contributed by atoms with Crippen LogP contribution in [0.3, 0.4) is 0 Å². The van der Waals surface area contributed by atoms with Gasteiger partial charge in [0.2, 0.25) is 5.91 Å². The number of rotatable bonds is 6. The first-order valence-electron chi connectivity index (χ1n) is 6.38. The summed E-state index contributed by atoms with van der Waals surface area (Å²) in [6, 6.07) is 4.12. The molecule has 118 valence electrons. The Morgan fingerprint density at radius 1 is 1.45 bits per heavy atom. The van der Waals surface area contributed by atoms with Gasteiger partial charge in [0, 0.05) is 5.02 Å². The SMILES string of the molecule is CCSc1nnc(SC(C)C(=O)Nc2ccc(Cl)cc2F)s1. The van der Waals surface area contributed by atoms with Crippen LogP contribution in [-0.4, -0.2) is 27.1 Å². The first kappa shape index (κ1) is 17.5. The molecule has 2 aromatic rings. The number of anilines is 1. The molecule has 9 heteroatoms. The fourth-order valence-corrected chi connectivity index (χ4v) is 4.68. The van der Waals surface area contributed by atoms with Crippen LogP contribution in [0.25, 0.3) is 0 Å². The van der Waals surface area contributed by atoms with Crippen LogP contribution in [0.1, 0.15) is 13.8 Å². The summed E-state index contributed by atoms with van der Waals surface area (Å²) in [5, 5.41) is 10.5. The predicted molar refractivity (Wildman–Crippen MR) is 91.7 cm³/mol. The normalized spacial score (nSPS) is 12.2.